The lowest BCUT2D eigenvalue weighted by atomic mass is 10.1. The molecule has 0 aromatic heterocycles. The molecule has 0 spiro atoms. The summed E-state index contributed by atoms with van der Waals surface area (Å²) < 4.78 is 35.3. The van der Waals surface area contributed by atoms with E-state index >= 15 is 0 Å². The third-order valence-corrected chi connectivity index (χ3v) is 2.10. The van der Waals surface area contributed by atoms with Crippen LogP contribution in [0.1, 0.15) is 12.0 Å². The van der Waals surface area contributed by atoms with E-state index in [0.717, 1.165) is 12.0 Å². The molecule has 0 heterocycles. The Morgan fingerprint density at radius 1 is 1.25 bits per heavy atom. The van der Waals surface area contributed by atoms with Crippen LogP contribution in [-0.4, -0.2) is 19.3 Å². The molecule has 0 radical (unpaired) electrons. The topological polar surface area (TPSA) is 38.0 Å². The summed E-state index contributed by atoms with van der Waals surface area (Å²) in [7, 11) is 0. The number of nitrogens with two attached hydrogens (primary N) is 1. The average Bonchev–Trinajstić information content (AvgIpc) is 2.15. The van der Waals surface area contributed by atoms with Crippen molar-refractivity contribution < 1.29 is 13.2 Å². The van der Waals surface area contributed by atoms with Crippen molar-refractivity contribution >= 4 is 5.69 Å². The zero-order chi connectivity index (χ0) is 12.0. The molecule has 0 saturated carbocycles. The van der Waals surface area contributed by atoms with Gasteiger partial charge in [-0.1, -0.05) is 12.1 Å². The SMILES string of the molecule is Nc1cccc(CCCNCC(F)(F)F)c1. The Kier molecular flexibility index (Phi) is 4.61. The Morgan fingerprint density at radius 3 is 2.62 bits per heavy atom. The number of nitrogens with one attached hydrogen (secondary N) is 1. The fourth-order valence-corrected chi connectivity index (χ4v) is 1.40. The minimum atomic E-state index is -4.13. The summed E-state index contributed by atoms with van der Waals surface area (Å²) >= 11 is 0. The van der Waals surface area contributed by atoms with E-state index in [4.69, 9.17) is 5.73 Å². The molecule has 1 aromatic rings. The Balaban J connectivity index is 2.17. The van der Waals surface area contributed by atoms with E-state index in [1.165, 1.54) is 0 Å². The van der Waals surface area contributed by atoms with Crippen LogP contribution >= 0.6 is 0 Å². The number of alkyl halides is 3. The van der Waals surface area contributed by atoms with Crippen molar-refractivity contribution in [1.82, 2.24) is 5.32 Å². The van der Waals surface area contributed by atoms with E-state index in [1.54, 1.807) is 6.07 Å². The van der Waals surface area contributed by atoms with E-state index in [9.17, 15) is 13.2 Å². The highest BCUT2D eigenvalue weighted by atomic mass is 19.4. The number of aryl methyl sites for hydroxylation is 1. The first-order chi connectivity index (χ1) is 7.47. The van der Waals surface area contributed by atoms with Gasteiger partial charge in [0, 0.05) is 5.69 Å². The van der Waals surface area contributed by atoms with Crippen molar-refractivity contribution in [3.8, 4) is 0 Å². The van der Waals surface area contributed by atoms with Gasteiger partial charge in [0.25, 0.3) is 0 Å². The van der Waals surface area contributed by atoms with Crippen LogP contribution in [0.3, 0.4) is 0 Å². The highest BCUT2D eigenvalue weighted by molar-refractivity contribution is 5.40. The largest absolute Gasteiger partial charge is 0.401 e. The van der Waals surface area contributed by atoms with Gasteiger partial charge in [-0.3, -0.25) is 0 Å². The summed E-state index contributed by atoms with van der Waals surface area (Å²) in [5, 5.41) is 2.35. The molecule has 0 fully saturated rings. The van der Waals surface area contributed by atoms with E-state index in [0.29, 0.717) is 18.7 Å². The van der Waals surface area contributed by atoms with Gasteiger partial charge in [-0.2, -0.15) is 13.2 Å². The molecule has 5 heteroatoms. The Hall–Kier alpha value is -1.23. The molecule has 16 heavy (non-hydrogen) atoms. The standard InChI is InChI=1S/C11H15F3N2/c12-11(13,14)8-16-6-2-4-9-3-1-5-10(15)7-9/h1,3,5,7,16H,2,4,6,8,15H2. The predicted octanol–water partition coefficient (Wildman–Crippen LogP) is 2.35. The monoisotopic (exact) mass is 232 g/mol. The first-order valence-corrected chi connectivity index (χ1v) is 5.09. The van der Waals surface area contributed by atoms with Gasteiger partial charge >= 0.3 is 6.18 Å². The van der Waals surface area contributed by atoms with Crippen LogP contribution in [0.15, 0.2) is 24.3 Å². The maximum atomic E-state index is 11.8. The average molecular weight is 232 g/mol. The molecule has 2 nitrogen and oxygen atoms in total. The maximum Gasteiger partial charge on any atom is 0.401 e. The van der Waals surface area contributed by atoms with Crippen molar-refractivity contribution in [2.75, 3.05) is 18.8 Å². The van der Waals surface area contributed by atoms with Crippen LogP contribution in [-0.2, 0) is 6.42 Å². The van der Waals surface area contributed by atoms with Crippen LogP contribution in [0.4, 0.5) is 18.9 Å². The number of anilines is 1. The first kappa shape index (κ1) is 12.8. The number of benzene rings is 1. The van der Waals surface area contributed by atoms with Crippen molar-refractivity contribution in [2.45, 2.75) is 19.0 Å². The van der Waals surface area contributed by atoms with E-state index in [-0.39, 0.29) is 0 Å². The molecule has 90 valence electrons. The van der Waals surface area contributed by atoms with Gasteiger partial charge in [-0.05, 0) is 37.1 Å². The van der Waals surface area contributed by atoms with Crippen molar-refractivity contribution in [2.24, 2.45) is 0 Å². The summed E-state index contributed by atoms with van der Waals surface area (Å²) in [6.07, 6.45) is -2.73. The second-order valence-corrected chi connectivity index (χ2v) is 3.64. The smallest absolute Gasteiger partial charge is 0.399 e. The van der Waals surface area contributed by atoms with Crippen LogP contribution in [0.2, 0.25) is 0 Å². The zero-order valence-corrected chi connectivity index (χ0v) is 8.85. The Bertz CT molecular complexity index is 323. The third-order valence-electron chi connectivity index (χ3n) is 2.10. The highest BCUT2D eigenvalue weighted by Crippen LogP contribution is 2.12. The van der Waals surface area contributed by atoms with Gasteiger partial charge in [-0.25, -0.2) is 0 Å². The quantitative estimate of drug-likeness (QED) is 0.604. The molecule has 0 atom stereocenters. The van der Waals surface area contributed by atoms with E-state index in [1.807, 2.05) is 18.2 Å². The number of halogens is 3. The second-order valence-electron chi connectivity index (χ2n) is 3.64. The molecule has 0 unspecified atom stereocenters. The normalized spacial score (nSPS) is 11.7. The molecule has 3 N–H and O–H groups in total. The van der Waals surface area contributed by atoms with Gasteiger partial charge in [0.05, 0.1) is 6.54 Å². The van der Waals surface area contributed by atoms with Crippen molar-refractivity contribution in [1.29, 1.82) is 0 Å². The van der Waals surface area contributed by atoms with Crippen LogP contribution < -0.4 is 11.1 Å². The van der Waals surface area contributed by atoms with Gasteiger partial charge in [0.1, 0.15) is 0 Å². The molecule has 0 aliphatic heterocycles. The van der Waals surface area contributed by atoms with E-state index in [2.05, 4.69) is 5.32 Å². The van der Waals surface area contributed by atoms with E-state index < -0.39 is 12.7 Å². The highest BCUT2D eigenvalue weighted by Gasteiger charge is 2.25. The Morgan fingerprint density at radius 2 is 2.00 bits per heavy atom. The second kappa shape index (κ2) is 5.75. The lowest BCUT2D eigenvalue weighted by Gasteiger charge is -2.08. The number of hydrogen-bond acceptors (Lipinski definition) is 2. The van der Waals surface area contributed by atoms with Crippen molar-refractivity contribution in [3.63, 3.8) is 0 Å². The van der Waals surface area contributed by atoms with Crippen LogP contribution in [0.5, 0.6) is 0 Å². The minimum absolute atomic E-state index is 0.355. The lowest BCUT2D eigenvalue weighted by molar-refractivity contribution is -0.124. The number of rotatable bonds is 5. The molecular formula is C11H15F3N2. The molecule has 1 aromatic carbocycles. The number of hydrogen-bond donors (Lipinski definition) is 2. The summed E-state index contributed by atoms with van der Waals surface area (Å²) in [6.45, 7) is -0.571. The minimum Gasteiger partial charge on any atom is -0.399 e. The summed E-state index contributed by atoms with van der Waals surface area (Å²) in [6, 6.07) is 7.38. The van der Waals surface area contributed by atoms with Gasteiger partial charge in [-0.15, -0.1) is 0 Å². The van der Waals surface area contributed by atoms with Gasteiger partial charge < -0.3 is 11.1 Å². The fourth-order valence-electron chi connectivity index (χ4n) is 1.40. The molecule has 0 amide bonds. The van der Waals surface area contributed by atoms with Crippen LogP contribution in [0, 0.1) is 0 Å². The molecule has 0 aliphatic carbocycles. The molecule has 0 bridgehead atoms. The van der Waals surface area contributed by atoms with Gasteiger partial charge in [0.2, 0.25) is 0 Å². The third kappa shape index (κ3) is 5.60. The molecule has 0 saturated heterocycles. The lowest BCUT2D eigenvalue weighted by Crippen LogP contribution is -2.29. The molecular weight excluding hydrogens is 217 g/mol. The zero-order valence-electron chi connectivity index (χ0n) is 8.85. The number of nitrogen functional groups attached to an aromatic ring is 1. The fraction of sp³-hybridized carbons (Fsp3) is 0.455. The molecule has 1 rings (SSSR count). The predicted molar refractivity (Wildman–Crippen MR) is 58.1 cm³/mol. The molecule has 0 aliphatic rings. The first-order valence-electron chi connectivity index (χ1n) is 5.09. The summed E-state index contributed by atoms with van der Waals surface area (Å²) in [5.74, 6) is 0. The van der Waals surface area contributed by atoms with Crippen LogP contribution in [0.25, 0.3) is 0 Å². The maximum absolute atomic E-state index is 11.8. The summed E-state index contributed by atoms with van der Waals surface area (Å²) in [4.78, 5) is 0. The summed E-state index contributed by atoms with van der Waals surface area (Å²) in [5.41, 5.74) is 7.31. The van der Waals surface area contributed by atoms with Crippen molar-refractivity contribution in [3.05, 3.63) is 29.8 Å². The van der Waals surface area contributed by atoms with Gasteiger partial charge in [0.15, 0.2) is 0 Å². The Labute approximate surface area is 92.6 Å².